The summed E-state index contributed by atoms with van der Waals surface area (Å²) in [5.41, 5.74) is 3.01. The van der Waals surface area contributed by atoms with E-state index in [2.05, 4.69) is 10.0 Å². The highest BCUT2D eigenvalue weighted by atomic mass is 32.2. The van der Waals surface area contributed by atoms with Crippen LogP contribution in [0, 0.1) is 19.8 Å². The van der Waals surface area contributed by atoms with Gasteiger partial charge >= 0.3 is 12.1 Å². The van der Waals surface area contributed by atoms with Crippen molar-refractivity contribution in [1.29, 1.82) is 0 Å². The van der Waals surface area contributed by atoms with Crippen LogP contribution in [0.25, 0.3) is 0 Å². The zero-order valence-electron chi connectivity index (χ0n) is 21.4. The molecule has 0 atom stereocenters. The van der Waals surface area contributed by atoms with Gasteiger partial charge in [0.15, 0.2) is 0 Å². The van der Waals surface area contributed by atoms with Gasteiger partial charge in [-0.1, -0.05) is 37.5 Å². The van der Waals surface area contributed by atoms with E-state index in [1.54, 1.807) is 24.3 Å². The Hall–Kier alpha value is -3.08. The number of anilines is 1. The lowest BCUT2D eigenvalue weighted by Gasteiger charge is -2.23. The van der Waals surface area contributed by atoms with E-state index in [1.165, 1.54) is 32.1 Å². The van der Waals surface area contributed by atoms with Crippen LogP contribution in [0.4, 0.5) is 18.9 Å². The zero-order chi connectivity index (χ0) is 28.1. The van der Waals surface area contributed by atoms with E-state index < -0.39 is 27.6 Å². The molecule has 0 heterocycles. The molecule has 0 aromatic heterocycles. The molecule has 2 aromatic rings. The maximum Gasteiger partial charge on any atom is 0.490 e. The van der Waals surface area contributed by atoms with Gasteiger partial charge in [-0.15, -0.1) is 0 Å². The summed E-state index contributed by atoms with van der Waals surface area (Å²) in [7, 11) is -3.65. The van der Waals surface area contributed by atoms with E-state index in [0.717, 1.165) is 36.1 Å². The lowest BCUT2D eigenvalue weighted by Crippen LogP contribution is -2.38. The Morgan fingerprint density at radius 1 is 0.974 bits per heavy atom. The first-order valence-corrected chi connectivity index (χ1v) is 14.0. The molecule has 0 radical (unpaired) electrons. The molecule has 0 saturated heterocycles. The van der Waals surface area contributed by atoms with Crippen LogP contribution in [0.3, 0.4) is 0 Å². The standard InChI is InChI=1S/C25H32N2O3S.C2HF3O2/c1-18-8-13-23(16-19(18)2)31(29,30)27-22-11-9-21(10-12-22)25(14-15-25)24(28)26-17-20-6-4-3-5-7-20;3-2(4,5)1(6)7/h8-13,16,20,27H,3-7,14-15,17H2,1-2H3,(H,26,28);(H,6,7). The molecule has 0 spiro atoms. The lowest BCUT2D eigenvalue weighted by molar-refractivity contribution is -0.192. The molecule has 2 aromatic carbocycles. The number of amides is 1. The summed E-state index contributed by atoms with van der Waals surface area (Å²) in [6, 6.07) is 12.4. The molecule has 2 saturated carbocycles. The molecule has 1 amide bonds. The highest BCUT2D eigenvalue weighted by Crippen LogP contribution is 2.48. The quantitative estimate of drug-likeness (QED) is 0.421. The molecule has 2 aliphatic rings. The number of aryl methyl sites for hydroxylation is 2. The van der Waals surface area contributed by atoms with Gasteiger partial charge in [-0.3, -0.25) is 9.52 Å². The minimum Gasteiger partial charge on any atom is -0.475 e. The number of benzene rings is 2. The summed E-state index contributed by atoms with van der Waals surface area (Å²) in [6.07, 6.45) is 2.88. The summed E-state index contributed by atoms with van der Waals surface area (Å²) in [4.78, 5) is 22.1. The van der Waals surface area contributed by atoms with Gasteiger partial charge in [0, 0.05) is 12.2 Å². The highest BCUT2D eigenvalue weighted by Gasteiger charge is 2.51. The second-order valence-corrected chi connectivity index (χ2v) is 11.7. The van der Waals surface area contributed by atoms with Gasteiger partial charge < -0.3 is 10.4 Å². The van der Waals surface area contributed by atoms with Crippen LogP contribution in [0.1, 0.15) is 61.6 Å². The van der Waals surface area contributed by atoms with Gasteiger partial charge in [-0.2, -0.15) is 13.2 Å². The fourth-order valence-electron chi connectivity index (χ4n) is 4.52. The number of hydrogen-bond donors (Lipinski definition) is 3. The first-order chi connectivity index (χ1) is 17.7. The van der Waals surface area contributed by atoms with E-state index >= 15 is 0 Å². The van der Waals surface area contributed by atoms with Gasteiger partial charge in [0.2, 0.25) is 5.91 Å². The maximum absolute atomic E-state index is 12.9. The number of aliphatic carboxylic acids is 1. The predicted octanol–water partition coefficient (Wildman–Crippen LogP) is 5.47. The summed E-state index contributed by atoms with van der Waals surface area (Å²) in [6.45, 7) is 4.63. The molecular weight excluding hydrogens is 521 g/mol. The Kier molecular flexibility index (Phi) is 9.12. The number of carbonyl (C=O) groups excluding carboxylic acids is 1. The number of hydrogen-bond acceptors (Lipinski definition) is 4. The van der Waals surface area contributed by atoms with E-state index in [0.29, 0.717) is 11.6 Å². The molecule has 0 bridgehead atoms. The third-order valence-corrected chi connectivity index (χ3v) is 8.56. The number of carboxylic acids is 1. The van der Waals surface area contributed by atoms with Gasteiger partial charge in [-0.05, 0) is 86.4 Å². The summed E-state index contributed by atoms with van der Waals surface area (Å²) in [5, 5.41) is 10.3. The third kappa shape index (κ3) is 7.49. The molecule has 7 nitrogen and oxygen atoms in total. The summed E-state index contributed by atoms with van der Waals surface area (Å²) in [5.74, 6) is -2.04. The van der Waals surface area contributed by atoms with E-state index in [9.17, 15) is 26.4 Å². The van der Waals surface area contributed by atoms with Crippen LogP contribution in [-0.4, -0.2) is 38.1 Å². The van der Waals surface area contributed by atoms with Gasteiger partial charge in [0.1, 0.15) is 0 Å². The number of alkyl halides is 3. The fraction of sp³-hybridized carbons (Fsp3) is 0.481. The third-order valence-electron chi connectivity index (χ3n) is 7.18. The SMILES string of the molecule is Cc1ccc(S(=O)(=O)Nc2ccc(C3(C(=O)NCC4CCCCC4)CC3)cc2)cc1C.O=C(O)C(F)(F)F. The molecule has 38 heavy (non-hydrogen) atoms. The van der Waals surface area contributed by atoms with E-state index in [1.807, 2.05) is 32.0 Å². The Balaban J connectivity index is 0.000000505. The maximum atomic E-state index is 12.9. The highest BCUT2D eigenvalue weighted by molar-refractivity contribution is 7.92. The first-order valence-electron chi connectivity index (χ1n) is 12.5. The van der Waals surface area contributed by atoms with Crippen LogP contribution < -0.4 is 10.0 Å². The van der Waals surface area contributed by atoms with Crippen molar-refractivity contribution in [3.63, 3.8) is 0 Å². The molecule has 3 N–H and O–H groups in total. The predicted molar refractivity (Wildman–Crippen MR) is 137 cm³/mol. The van der Waals surface area contributed by atoms with Crippen LogP contribution in [0.2, 0.25) is 0 Å². The van der Waals surface area contributed by atoms with Crippen molar-refractivity contribution in [2.45, 2.75) is 75.3 Å². The number of rotatable bonds is 7. The largest absolute Gasteiger partial charge is 0.490 e. The Labute approximate surface area is 220 Å². The van der Waals surface area contributed by atoms with Crippen LogP contribution in [0.15, 0.2) is 47.4 Å². The molecule has 11 heteroatoms. The number of sulfonamides is 1. The van der Waals surface area contributed by atoms with Crippen LogP contribution in [0.5, 0.6) is 0 Å². The Bertz CT molecular complexity index is 1250. The second-order valence-electron chi connectivity index (χ2n) is 10.0. The lowest BCUT2D eigenvalue weighted by atomic mass is 9.88. The molecular formula is C27H33F3N2O5S. The summed E-state index contributed by atoms with van der Waals surface area (Å²) >= 11 is 0. The monoisotopic (exact) mass is 554 g/mol. The van der Waals surface area contributed by atoms with Crippen molar-refractivity contribution in [2.75, 3.05) is 11.3 Å². The fourth-order valence-corrected chi connectivity index (χ4v) is 5.67. The van der Waals surface area contributed by atoms with Crippen molar-refractivity contribution >= 4 is 27.6 Å². The molecule has 4 rings (SSSR count). The van der Waals surface area contributed by atoms with E-state index in [-0.39, 0.29) is 10.8 Å². The van der Waals surface area contributed by atoms with Crippen molar-refractivity contribution in [1.82, 2.24) is 5.32 Å². The number of carboxylic acid groups (broad SMARTS) is 1. The van der Waals surface area contributed by atoms with Gasteiger partial charge in [-0.25, -0.2) is 13.2 Å². The zero-order valence-corrected chi connectivity index (χ0v) is 22.2. The molecule has 0 aliphatic heterocycles. The second kappa shape index (κ2) is 11.8. The average molecular weight is 555 g/mol. The van der Waals surface area contributed by atoms with Gasteiger partial charge in [0.05, 0.1) is 10.3 Å². The minimum absolute atomic E-state index is 0.113. The van der Waals surface area contributed by atoms with Crippen LogP contribution >= 0.6 is 0 Å². The smallest absolute Gasteiger partial charge is 0.475 e. The number of nitrogens with one attached hydrogen (secondary N) is 2. The molecule has 208 valence electrons. The molecule has 2 aliphatic carbocycles. The van der Waals surface area contributed by atoms with Crippen molar-refractivity contribution in [3.05, 3.63) is 59.2 Å². The number of carbonyl (C=O) groups is 2. The molecule has 0 unspecified atom stereocenters. The first kappa shape index (κ1) is 29.5. The van der Waals surface area contributed by atoms with Crippen LogP contribution in [-0.2, 0) is 25.0 Å². The Morgan fingerprint density at radius 2 is 1.55 bits per heavy atom. The van der Waals surface area contributed by atoms with Crippen molar-refractivity contribution < 1.29 is 36.3 Å². The van der Waals surface area contributed by atoms with Gasteiger partial charge in [0.25, 0.3) is 10.0 Å². The average Bonchev–Trinajstić information content (AvgIpc) is 3.67. The Morgan fingerprint density at radius 3 is 2.05 bits per heavy atom. The van der Waals surface area contributed by atoms with Crippen molar-refractivity contribution in [3.8, 4) is 0 Å². The molecule has 2 fully saturated rings. The normalized spacial score (nSPS) is 17.1. The topological polar surface area (TPSA) is 113 Å². The summed E-state index contributed by atoms with van der Waals surface area (Å²) < 4.78 is 59.8. The number of halogens is 3. The van der Waals surface area contributed by atoms with Crippen molar-refractivity contribution in [2.24, 2.45) is 5.92 Å². The minimum atomic E-state index is -5.08. The van der Waals surface area contributed by atoms with E-state index in [4.69, 9.17) is 9.90 Å².